The number of carbonyl (C=O) groups excluding carboxylic acids is 1. The van der Waals surface area contributed by atoms with Gasteiger partial charge in [-0.3, -0.25) is 4.79 Å². The molecule has 3 aliphatic rings. The molecular formula is C21H22ClN3O2. The van der Waals surface area contributed by atoms with Crippen molar-refractivity contribution < 1.29 is 9.53 Å². The third kappa shape index (κ3) is 3.03. The van der Waals surface area contributed by atoms with E-state index in [0.29, 0.717) is 24.7 Å². The molecule has 5 nitrogen and oxygen atoms in total. The van der Waals surface area contributed by atoms with E-state index in [1.165, 1.54) is 11.1 Å². The van der Waals surface area contributed by atoms with Gasteiger partial charge in [0.25, 0.3) is 5.91 Å². The van der Waals surface area contributed by atoms with Crippen molar-refractivity contribution in [2.24, 2.45) is 5.92 Å². The molecule has 0 bridgehead atoms. The number of benzene rings is 1. The van der Waals surface area contributed by atoms with Crippen LogP contribution < -0.4 is 0 Å². The van der Waals surface area contributed by atoms with Gasteiger partial charge in [0.1, 0.15) is 5.82 Å². The number of carbonyl (C=O) groups is 1. The summed E-state index contributed by atoms with van der Waals surface area (Å²) in [4.78, 5) is 23.8. The molecule has 0 radical (unpaired) electrons. The van der Waals surface area contributed by atoms with Gasteiger partial charge in [-0.2, -0.15) is 0 Å². The van der Waals surface area contributed by atoms with Crippen molar-refractivity contribution in [1.29, 1.82) is 0 Å². The number of fused-ring (bicyclic) bond motifs is 1. The van der Waals surface area contributed by atoms with Crippen LogP contribution in [0.4, 0.5) is 0 Å². The number of rotatable bonds is 3. The van der Waals surface area contributed by atoms with Gasteiger partial charge in [0.15, 0.2) is 0 Å². The lowest BCUT2D eigenvalue weighted by molar-refractivity contribution is -0.109. The Kier molecular flexibility index (Phi) is 4.17. The third-order valence-corrected chi connectivity index (χ3v) is 6.43. The molecule has 5 rings (SSSR count). The summed E-state index contributed by atoms with van der Waals surface area (Å²) in [6.45, 7) is 2.11. The number of halogens is 1. The van der Waals surface area contributed by atoms with Crippen LogP contribution in [0, 0.1) is 5.92 Å². The SMILES string of the molecule is O=C(c1cnc(CC2Cc3ccc(Cl)cc3C2)nc1)N1CCCC12COC2. The fraction of sp³-hybridized carbons (Fsp3) is 0.476. The topological polar surface area (TPSA) is 55.3 Å². The Labute approximate surface area is 163 Å². The van der Waals surface area contributed by atoms with E-state index in [4.69, 9.17) is 16.3 Å². The Hall–Kier alpha value is -1.98. The zero-order chi connectivity index (χ0) is 18.4. The average Bonchev–Trinajstić information content (AvgIpc) is 3.25. The summed E-state index contributed by atoms with van der Waals surface area (Å²) < 4.78 is 5.37. The average molecular weight is 384 g/mol. The maximum atomic E-state index is 12.9. The van der Waals surface area contributed by atoms with Crippen LogP contribution in [-0.4, -0.2) is 46.1 Å². The minimum Gasteiger partial charge on any atom is -0.376 e. The van der Waals surface area contributed by atoms with Crippen molar-refractivity contribution in [3.05, 3.63) is 58.1 Å². The lowest BCUT2D eigenvalue weighted by Gasteiger charge is -2.45. The quantitative estimate of drug-likeness (QED) is 0.817. The number of aromatic nitrogens is 2. The van der Waals surface area contributed by atoms with E-state index in [9.17, 15) is 4.79 Å². The molecule has 1 aromatic heterocycles. The molecule has 1 unspecified atom stereocenters. The lowest BCUT2D eigenvalue weighted by Crippen LogP contribution is -2.60. The molecule has 1 atom stereocenters. The van der Waals surface area contributed by atoms with Crippen LogP contribution in [0.25, 0.3) is 0 Å². The van der Waals surface area contributed by atoms with Crippen molar-refractivity contribution >= 4 is 17.5 Å². The number of hydrogen-bond donors (Lipinski definition) is 0. The highest BCUT2D eigenvalue weighted by molar-refractivity contribution is 6.30. The lowest BCUT2D eigenvalue weighted by atomic mass is 9.94. The minimum absolute atomic E-state index is 0.0327. The molecule has 0 saturated carbocycles. The summed E-state index contributed by atoms with van der Waals surface area (Å²) in [7, 11) is 0. The Morgan fingerprint density at radius 2 is 2.00 bits per heavy atom. The summed E-state index contributed by atoms with van der Waals surface area (Å²) >= 11 is 6.10. The van der Waals surface area contributed by atoms with Crippen LogP contribution in [0.3, 0.4) is 0 Å². The second-order valence-electron chi connectivity index (χ2n) is 8.06. The number of nitrogens with zero attached hydrogens (tertiary/aromatic N) is 3. The van der Waals surface area contributed by atoms with Gasteiger partial charge in [-0.1, -0.05) is 17.7 Å². The monoisotopic (exact) mass is 383 g/mol. The third-order valence-electron chi connectivity index (χ3n) is 6.19. The zero-order valence-corrected chi connectivity index (χ0v) is 15.9. The van der Waals surface area contributed by atoms with Crippen LogP contribution in [0.15, 0.2) is 30.6 Å². The fourth-order valence-electron chi connectivity index (χ4n) is 4.70. The first-order valence-corrected chi connectivity index (χ1v) is 9.99. The van der Waals surface area contributed by atoms with Crippen molar-refractivity contribution in [3.8, 4) is 0 Å². The Morgan fingerprint density at radius 3 is 2.74 bits per heavy atom. The van der Waals surface area contributed by atoms with Gasteiger partial charge < -0.3 is 9.64 Å². The molecule has 1 spiro atoms. The van der Waals surface area contributed by atoms with Crippen molar-refractivity contribution in [1.82, 2.24) is 14.9 Å². The summed E-state index contributed by atoms with van der Waals surface area (Å²) in [6.07, 6.45) is 8.32. The highest BCUT2D eigenvalue weighted by Gasteiger charge is 2.49. The van der Waals surface area contributed by atoms with E-state index in [1.807, 2.05) is 11.0 Å². The maximum Gasteiger partial charge on any atom is 0.257 e. The van der Waals surface area contributed by atoms with E-state index < -0.39 is 0 Å². The molecule has 6 heteroatoms. The van der Waals surface area contributed by atoms with E-state index in [2.05, 4.69) is 22.1 Å². The first-order chi connectivity index (χ1) is 13.1. The molecule has 1 aromatic carbocycles. The predicted octanol–water partition coefficient (Wildman–Crippen LogP) is 3.09. The molecule has 2 fully saturated rings. The molecular weight excluding hydrogens is 362 g/mol. The van der Waals surface area contributed by atoms with Gasteiger partial charge >= 0.3 is 0 Å². The molecule has 27 heavy (non-hydrogen) atoms. The summed E-state index contributed by atoms with van der Waals surface area (Å²) in [5.41, 5.74) is 3.21. The standard InChI is InChI=1S/C21H22ClN3O2/c22-18-3-2-15-6-14(7-16(15)9-18)8-19-23-10-17(11-24-19)20(26)25-5-1-4-21(25)12-27-13-21/h2-3,9-11,14H,1,4-8,12-13H2. The molecule has 0 N–H and O–H groups in total. The van der Waals surface area contributed by atoms with Gasteiger partial charge in [0, 0.05) is 30.4 Å². The minimum atomic E-state index is -0.0767. The normalized spacial score (nSPS) is 22.7. The van der Waals surface area contributed by atoms with E-state index in [-0.39, 0.29) is 11.4 Å². The summed E-state index contributed by atoms with van der Waals surface area (Å²) in [5, 5.41) is 0.796. The predicted molar refractivity (Wildman–Crippen MR) is 102 cm³/mol. The van der Waals surface area contributed by atoms with Crippen LogP contribution in [-0.2, 0) is 24.0 Å². The highest BCUT2D eigenvalue weighted by atomic mass is 35.5. The second kappa shape index (κ2) is 6.57. The first kappa shape index (κ1) is 17.1. The van der Waals surface area contributed by atoms with Gasteiger partial charge in [-0.15, -0.1) is 0 Å². The number of hydrogen-bond acceptors (Lipinski definition) is 4. The smallest absolute Gasteiger partial charge is 0.257 e. The molecule has 1 amide bonds. The number of likely N-dealkylation sites (tertiary alicyclic amines) is 1. The maximum absolute atomic E-state index is 12.9. The number of ether oxygens (including phenoxy) is 1. The van der Waals surface area contributed by atoms with Crippen LogP contribution >= 0.6 is 11.6 Å². The molecule has 3 heterocycles. The van der Waals surface area contributed by atoms with Crippen LogP contribution in [0.2, 0.25) is 5.02 Å². The van der Waals surface area contributed by atoms with Gasteiger partial charge in [-0.25, -0.2) is 9.97 Å². The molecule has 2 aliphatic heterocycles. The van der Waals surface area contributed by atoms with Crippen molar-refractivity contribution in [2.45, 2.75) is 37.6 Å². The second-order valence-corrected chi connectivity index (χ2v) is 8.49. The molecule has 140 valence electrons. The van der Waals surface area contributed by atoms with Gasteiger partial charge in [0.05, 0.1) is 24.3 Å². The van der Waals surface area contributed by atoms with Crippen LogP contribution in [0.1, 0.15) is 40.2 Å². The van der Waals surface area contributed by atoms with Crippen molar-refractivity contribution in [2.75, 3.05) is 19.8 Å². The Morgan fingerprint density at radius 1 is 1.22 bits per heavy atom. The Bertz CT molecular complexity index is 879. The van der Waals surface area contributed by atoms with E-state index >= 15 is 0 Å². The summed E-state index contributed by atoms with van der Waals surface area (Å²) in [5.74, 6) is 1.33. The highest BCUT2D eigenvalue weighted by Crippen LogP contribution is 2.36. The largest absolute Gasteiger partial charge is 0.376 e. The number of amides is 1. The first-order valence-electron chi connectivity index (χ1n) is 9.61. The molecule has 1 aliphatic carbocycles. The zero-order valence-electron chi connectivity index (χ0n) is 15.2. The molecule has 2 saturated heterocycles. The van der Waals surface area contributed by atoms with E-state index in [0.717, 1.165) is 49.5 Å². The van der Waals surface area contributed by atoms with Crippen LogP contribution in [0.5, 0.6) is 0 Å². The van der Waals surface area contributed by atoms with Gasteiger partial charge in [0.2, 0.25) is 0 Å². The Balaban J connectivity index is 1.25. The fourth-order valence-corrected chi connectivity index (χ4v) is 4.89. The van der Waals surface area contributed by atoms with Gasteiger partial charge in [-0.05, 0) is 54.9 Å². The van der Waals surface area contributed by atoms with E-state index in [1.54, 1.807) is 12.4 Å². The summed E-state index contributed by atoms with van der Waals surface area (Å²) in [6, 6.07) is 6.14. The van der Waals surface area contributed by atoms with Crippen molar-refractivity contribution in [3.63, 3.8) is 0 Å². The molecule has 2 aromatic rings.